The Morgan fingerprint density at radius 3 is 2.67 bits per heavy atom. The summed E-state index contributed by atoms with van der Waals surface area (Å²) in [5, 5.41) is 13.5. The Morgan fingerprint density at radius 2 is 2.05 bits per heavy atom. The highest BCUT2D eigenvalue weighted by molar-refractivity contribution is 5.00. The van der Waals surface area contributed by atoms with Crippen LogP contribution < -0.4 is 0 Å². The average Bonchev–Trinajstić information content (AvgIpc) is 2.96. The lowest BCUT2D eigenvalue weighted by atomic mass is 10.1. The molecule has 0 aromatic carbocycles. The molecule has 5 heteroatoms. The highest BCUT2D eigenvalue weighted by Crippen LogP contribution is 2.18. The average molecular weight is 295 g/mol. The van der Waals surface area contributed by atoms with Crippen molar-refractivity contribution >= 4 is 0 Å². The quantitative estimate of drug-likeness (QED) is 0.799. The Balaban J connectivity index is 1.78. The lowest BCUT2D eigenvalue weighted by molar-refractivity contribution is -0.00922. The normalized spacial score (nSPS) is 17.7. The number of aliphatic hydroxyl groups is 1. The zero-order valence-corrected chi connectivity index (χ0v) is 13.4. The van der Waals surface area contributed by atoms with Gasteiger partial charge in [0.05, 0.1) is 31.1 Å². The summed E-state index contributed by atoms with van der Waals surface area (Å²) in [5.41, 5.74) is 1.16. The van der Waals surface area contributed by atoms with Crippen molar-refractivity contribution in [2.75, 3.05) is 26.3 Å². The van der Waals surface area contributed by atoms with Crippen molar-refractivity contribution in [3.63, 3.8) is 0 Å². The van der Waals surface area contributed by atoms with Gasteiger partial charge >= 0.3 is 0 Å². The molecule has 1 aromatic heterocycles. The molecule has 2 heterocycles. The van der Waals surface area contributed by atoms with Crippen molar-refractivity contribution in [1.29, 1.82) is 0 Å². The summed E-state index contributed by atoms with van der Waals surface area (Å²) in [6, 6.07) is 2.67. The summed E-state index contributed by atoms with van der Waals surface area (Å²) < 4.78 is 7.72. The van der Waals surface area contributed by atoms with Crippen LogP contribution in [0.3, 0.4) is 0 Å². The van der Waals surface area contributed by atoms with Gasteiger partial charge in [0.15, 0.2) is 0 Å². The summed E-state index contributed by atoms with van der Waals surface area (Å²) in [5.74, 6) is 0. The number of hydrogen-bond acceptors (Lipinski definition) is 4. The predicted molar refractivity (Wildman–Crippen MR) is 83.2 cm³/mol. The molecule has 0 atom stereocenters. The van der Waals surface area contributed by atoms with Crippen LogP contribution >= 0.6 is 0 Å². The first-order valence-electron chi connectivity index (χ1n) is 8.25. The van der Waals surface area contributed by atoms with E-state index in [-0.39, 0.29) is 6.61 Å². The van der Waals surface area contributed by atoms with Crippen LogP contribution in [0.15, 0.2) is 12.3 Å². The topological polar surface area (TPSA) is 50.5 Å². The van der Waals surface area contributed by atoms with Gasteiger partial charge in [-0.25, -0.2) is 0 Å². The third-order valence-corrected chi connectivity index (χ3v) is 4.35. The maximum absolute atomic E-state index is 8.79. The zero-order valence-electron chi connectivity index (χ0n) is 13.4. The van der Waals surface area contributed by atoms with Gasteiger partial charge in [0.2, 0.25) is 0 Å². The minimum atomic E-state index is 0.119. The fraction of sp³-hybridized carbons (Fsp3) is 0.812. The molecule has 0 saturated carbocycles. The molecule has 1 aromatic rings. The molecule has 1 N–H and O–H groups in total. The van der Waals surface area contributed by atoms with E-state index < -0.39 is 0 Å². The number of ether oxygens (including phenoxy) is 1. The molecule has 0 unspecified atom stereocenters. The van der Waals surface area contributed by atoms with Crippen LogP contribution in [0.2, 0.25) is 0 Å². The molecular formula is C16H29N3O2. The van der Waals surface area contributed by atoms with E-state index >= 15 is 0 Å². The predicted octanol–water partition coefficient (Wildman–Crippen LogP) is 2.22. The van der Waals surface area contributed by atoms with E-state index in [9.17, 15) is 0 Å². The second kappa shape index (κ2) is 8.51. The van der Waals surface area contributed by atoms with Crippen LogP contribution in [-0.2, 0) is 11.3 Å². The molecule has 5 nitrogen and oxygen atoms in total. The number of likely N-dealkylation sites (tertiary alicyclic amines) is 1. The van der Waals surface area contributed by atoms with E-state index in [1.165, 1.54) is 0 Å². The van der Waals surface area contributed by atoms with Gasteiger partial charge in [0.1, 0.15) is 0 Å². The van der Waals surface area contributed by atoms with Crippen molar-refractivity contribution in [3.8, 4) is 0 Å². The molecule has 2 rings (SSSR count). The highest BCUT2D eigenvalue weighted by atomic mass is 16.5. The summed E-state index contributed by atoms with van der Waals surface area (Å²) in [6.07, 6.45) is 6.79. The van der Waals surface area contributed by atoms with Gasteiger partial charge in [-0.2, -0.15) is 5.10 Å². The Morgan fingerprint density at radius 1 is 1.33 bits per heavy atom. The van der Waals surface area contributed by atoms with Crippen molar-refractivity contribution in [2.45, 2.75) is 58.2 Å². The fourth-order valence-corrected chi connectivity index (χ4v) is 3.01. The highest BCUT2D eigenvalue weighted by Gasteiger charge is 2.20. The Bertz CT molecular complexity index is 396. The smallest absolute Gasteiger partial charge is 0.0764 e. The van der Waals surface area contributed by atoms with Crippen LogP contribution in [0.1, 0.15) is 51.3 Å². The van der Waals surface area contributed by atoms with Crippen molar-refractivity contribution in [2.24, 2.45) is 0 Å². The number of piperidine rings is 1. The first-order valence-corrected chi connectivity index (χ1v) is 8.25. The Labute approximate surface area is 127 Å². The van der Waals surface area contributed by atoms with Gasteiger partial charge in [-0.1, -0.05) is 13.8 Å². The van der Waals surface area contributed by atoms with Crippen molar-refractivity contribution in [1.82, 2.24) is 14.7 Å². The van der Waals surface area contributed by atoms with E-state index in [4.69, 9.17) is 14.9 Å². The molecule has 0 amide bonds. The van der Waals surface area contributed by atoms with E-state index in [0.29, 0.717) is 18.8 Å². The van der Waals surface area contributed by atoms with E-state index in [1.54, 1.807) is 0 Å². The third-order valence-electron chi connectivity index (χ3n) is 4.35. The van der Waals surface area contributed by atoms with Crippen LogP contribution in [0.4, 0.5) is 0 Å². The molecule has 120 valence electrons. The lowest BCUT2D eigenvalue weighted by Crippen LogP contribution is -2.37. The summed E-state index contributed by atoms with van der Waals surface area (Å²) in [7, 11) is 0. The molecule has 21 heavy (non-hydrogen) atoms. The summed E-state index contributed by atoms with van der Waals surface area (Å²) >= 11 is 0. The van der Waals surface area contributed by atoms with Gasteiger partial charge in [0.25, 0.3) is 0 Å². The minimum absolute atomic E-state index is 0.119. The van der Waals surface area contributed by atoms with Gasteiger partial charge < -0.3 is 9.84 Å². The first-order chi connectivity index (χ1) is 10.3. The third kappa shape index (κ3) is 4.80. The largest absolute Gasteiger partial charge is 0.394 e. The van der Waals surface area contributed by atoms with Crippen LogP contribution in [0, 0.1) is 0 Å². The molecular weight excluding hydrogens is 266 g/mol. The van der Waals surface area contributed by atoms with Gasteiger partial charge in [0, 0.05) is 25.8 Å². The van der Waals surface area contributed by atoms with Crippen molar-refractivity contribution < 1.29 is 9.84 Å². The van der Waals surface area contributed by atoms with E-state index in [2.05, 4.69) is 35.7 Å². The van der Waals surface area contributed by atoms with E-state index in [1.807, 2.05) is 0 Å². The van der Waals surface area contributed by atoms with Crippen LogP contribution in [-0.4, -0.2) is 52.2 Å². The van der Waals surface area contributed by atoms with Gasteiger partial charge in [-0.05, 0) is 31.7 Å². The Kier molecular flexibility index (Phi) is 6.67. The standard InChI is InChI=1S/C16H29N3O2/c1-3-15(4-2)19-10-5-14(17-19)13-18-8-6-16(7-9-18)21-12-11-20/h5,10,15-16,20H,3-4,6-9,11-13H2,1-2H3. The SMILES string of the molecule is CCC(CC)n1ccc(CN2CCC(OCCO)CC2)n1. The number of aliphatic hydroxyl groups excluding tert-OH is 1. The summed E-state index contributed by atoms with van der Waals surface area (Å²) in [4.78, 5) is 2.44. The second-order valence-electron chi connectivity index (χ2n) is 5.83. The maximum atomic E-state index is 8.79. The number of nitrogens with zero attached hydrogens (tertiary/aromatic N) is 3. The molecule has 1 saturated heterocycles. The lowest BCUT2D eigenvalue weighted by Gasteiger charge is -2.31. The maximum Gasteiger partial charge on any atom is 0.0764 e. The monoisotopic (exact) mass is 295 g/mol. The molecule has 1 fully saturated rings. The number of rotatable bonds is 8. The zero-order chi connectivity index (χ0) is 15.1. The molecule has 1 aliphatic rings. The van der Waals surface area contributed by atoms with Crippen LogP contribution in [0.25, 0.3) is 0 Å². The Hall–Kier alpha value is -0.910. The van der Waals surface area contributed by atoms with Crippen LogP contribution in [0.5, 0.6) is 0 Å². The minimum Gasteiger partial charge on any atom is -0.394 e. The molecule has 1 aliphatic heterocycles. The molecule has 0 aliphatic carbocycles. The molecule has 0 bridgehead atoms. The molecule has 0 spiro atoms. The summed E-state index contributed by atoms with van der Waals surface area (Å²) in [6.45, 7) is 8.04. The number of aromatic nitrogens is 2. The fourth-order valence-electron chi connectivity index (χ4n) is 3.01. The van der Waals surface area contributed by atoms with Crippen molar-refractivity contribution in [3.05, 3.63) is 18.0 Å². The molecule has 0 radical (unpaired) electrons. The van der Waals surface area contributed by atoms with E-state index in [0.717, 1.165) is 51.0 Å². The first kappa shape index (κ1) is 16.5. The van der Waals surface area contributed by atoms with Gasteiger partial charge in [-0.3, -0.25) is 9.58 Å². The number of hydrogen-bond donors (Lipinski definition) is 1. The van der Waals surface area contributed by atoms with Gasteiger partial charge in [-0.15, -0.1) is 0 Å². The second-order valence-corrected chi connectivity index (χ2v) is 5.83.